The fourth-order valence-corrected chi connectivity index (χ4v) is 2.16. The van der Waals surface area contributed by atoms with Crippen LogP contribution in [0.2, 0.25) is 0 Å². The lowest BCUT2D eigenvalue weighted by atomic mass is 10.2. The second-order valence-corrected chi connectivity index (χ2v) is 7.78. The Labute approximate surface area is 185 Å². The van der Waals surface area contributed by atoms with Gasteiger partial charge in [-0.05, 0) is 36.7 Å². The third-order valence-electron chi connectivity index (χ3n) is 3.11. The summed E-state index contributed by atoms with van der Waals surface area (Å²) < 4.78 is 20.2. The Hall–Kier alpha value is -1.98. The molecule has 0 rings (SSSR count). The van der Waals surface area contributed by atoms with Crippen LogP contribution >= 0.6 is 15.9 Å². The number of halogens is 1. The SMILES string of the molecule is COC(=O)CCNC(=O)/C(Br)=C\C(=O)NCCOCCOCCC(=O)OC(C)(C)C. The predicted molar refractivity (Wildman–Crippen MR) is 112 cm³/mol. The van der Waals surface area contributed by atoms with E-state index in [-0.39, 0.29) is 49.6 Å². The van der Waals surface area contributed by atoms with Gasteiger partial charge in [-0.2, -0.15) is 0 Å². The maximum absolute atomic E-state index is 11.7. The smallest absolute Gasteiger partial charge is 0.308 e. The van der Waals surface area contributed by atoms with Crippen LogP contribution in [0.4, 0.5) is 0 Å². The van der Waals surface area contributed by atoms with Crippen LogP contribution in [-0.4, -0.2) is 76.0 Å². The number of carbonyl (C=O) groups is 4. The molecule has 2 amide bonds. The summed E-state index contributed by atoms with van der Waals surface area (Å²) in [5, 5.41) is 5.03. The standard InChI is InChI=1S/C19H31BrN2O8/c1-19(2,3)30-17(25)6-9-28-11-12-29-10-8-21-15(23)13-14(20)18(26)22-7-5-16(24)27-4/h13H,5-12H2,1-4H3,(H,21,23)(H,22,26)/b14-13+. The predicted octanol–water partition coefficient (Wildman–Crippen LogP) is 0.826. The Morgan fingerprint density at radius 1 is 0.867 bits per heavy atom. The number of nitrogens with one attached hydrogen (secondary N) is 2. The van der Waals surface area contributed by atoms with Crippen LogP contribution in [0.1, 0.15) is 33.6 Å². The van der Waals surface area contributed by atoms with Gasteiger partial charge in [-0.3, -0.25) is 19.2 Å². The number of ether oxygens (including phenoxy) is 4. The average molecular weight is 495 g/mol. The number of esters is 2. The zero-order valence-corrected chi connectivity index (χ0v) is 19.5. The van der Waals surface area contributed by atoms with Gasteiger partial charge in [0.05, 0.1) is 50.9 Å². The molecule has 0 unspecified atom stereocenters. The molecule has 0 aromatic heterocycles. The molecular formula is C19H31BrN2O8. The quantitative estimate of drug-likeness (QED) is 0.206. The Morgan fingerprint density at radius 2 is 1.50 bits per heavy atom. The van der Waals surface area contributed by atoms with Crippen molar-refractivity contribution in [2.24, 2.45) is 0 Å². The van der Waals surface area contributed by atoms with Crippen molar-refractivity contribution in [1.82, 2.24) is 10.6 Å². The first-order chi connectivity index (χ1) is 14.0. The zero-order chi connectivity index (χ0) is 23.0. The van der Waals surface area contributed by atoms with Crippen LogP contribution in [0.5, 0.6) is 0 Å². The molecule has 172 valence electrons. The second kappa shape index (κ2) is 15.8. The van der Waals surface area contributed by atoms with E-state index < -0.39 is 23.4 Å². The van der Waals surface area contributed by atoms with Crippen molar-refractivity contribution in [3.8, 4) is 0 Å². The maximum atomic E-state index is 11.7. The molecule has 0 spiro atoms. The van der Waals surface area contributed by atoms with E-state index in [0.29, 0.717) is 13.2 Å². The van der Waals surface area contributed by atoms with Crippen LogP contribution in [0.25, 0.3) is 0 Å². The van der Waals surface area contributed by atoms with Crippen molar-refractivity contribution in [3.63, 3.8) is 0 Å². The third kappa shape index (κ3) is 16.9. The van der Waals surface area contributed by atoms with E-state index >= 15 is 0 Å². The first-order valence-corrected chi connectivity index (χ1v) is 10.2. The molecule has 0 aliphatic rings. The Morgan fingerprint density at radius 3 is 2.10 bits per heavy atom. The van der Waals surface area contributed by atoms with E-state index in [1.807, 2.05) is 0 Å². The minimum atomic E-state index is -0.520. The van der Waals surface area contributed by atoms with Crippen LogP contribution < -0.4 is 10.6 Å². The Kier molecular flexibility index (Phi) is 14.8. The van der Waals surface area contributed by atoms with Gasteiger partial charge in [0, 0.05) is 19.2 Å². The lowest BCUT2D eigenvalue weighted by Gasteiger charge is -2.19. The van der Waals surface area contributed by atoms with Crippen LogP contribution in [0.15, 0.2) is 10.6 Å². The third-order valence-corrected chi connectivity index (χ3v) is 3.69. The summed E-state index contributed by atoms with van der Waals surface area (Å²) in [6, 6.07) is 0. The maximum Gasteiger partial charge on any atom is 0.308 e. The van der Waals surface area contributed by atoms with Gasteiger partial charge in [-0.1, -0.05) is 0 Å². The van der Waals surface area contributed by atoms with Crippen molar-refractivity contribution in [2.75, 3.05) is 46.6 Å². The van der Waals surface area contributed by atoms with Gasteiger partial charge in [-0.25, -0.2) is 0 Å². The molecule has 0 fully saturated rings. The summed E-state index contributed by atoms with van der Waals surface area (Å²) in [6.45, 7) is 6.88. The number of hydrogen-bond donors (Lipinski definition) is 2. The van der Waals surface area contributed by atoms with Gasteiger partial charge in [0.2, 0.25) is 5.91 Å². The summed E-state index contributed by atoms with van der Waals surface area (Å²) in [7, 11) is 1.26. The fourth-order valence-electron chi connectivity index (χ4n) is 1.81. The molecule has 0 radical (unpaired) electrons. The Bertz CT molecular complexity index is 602. The highest BCUT2D eigenvalue weighted by Gasteiger charge is 2.15. The molecule has 0 heterocycles. The van der Waals surface area contributed by atoms with E-state index in [4.69, 9.17) is 14.2 Å². The molecule has 0 aliphatic heterocycles. The minimum absolute atomic E-state index is 0.0316. The molecule has 2 N–H and O–H groups in total. The van der Waals surface area contributed by atoms with Crippen molar-refractivity contribution in [1.29, 1.82) is 0 Å². The summed E-state index contributed by atoms with van der Waals surface area (Å²) in [5.74, 6) is -1.75. The number of hydrogen-bond acceptors (Lipinski definition) is 8. The van der Waals surface area contributed by atoms with Gasteiger partial charge in [0.25, 0.3) is 5.91 Å². The number of amides is 2. The zero-order valence-electron chi connectivity index (χ0n) is 17.9. The number of rotatable bonds is 14. The molecule has 0 saturated heterocycles. The second-order valence-electron chi connectivity index (χ2n) is 6.93. The summed E-state index contributed by atoms with van der Waals surface area (Å²) in [6.07, 6.45) is 1.30. The lowest BCUT2D eigenvalue weighted by Crippen LogP contribution is -2.29. The summed E-state index contributed by atoms with van der Waals surface area (Å²) in [4.78, 5) is 45.9. The van der Waals surface area contributed by atoms with E-state index in [9.17, 15) is 19.2 Å². The van der Waals surface area contributed by atoms with Crippen molar-refractivity contribution < 1.29 is 38.1 Å². The van der Waals surface area contributed by atoms with Crippen molar-refractivity contribution in [3.05, 3.63) is 10.6 Å². The average Bonchev–Trinajstić information content (AvgIpc) is 2.64. The van der Waals surface area contributed by atoms with Gasteiger partial charge in [0.1, 0.15) is 5.60 Å². The molecular weight excluding hydrogens is 464 g/mol. The molecule has 0 aromatic carbocycles. The first-order valence-electron chi connectivity index (χ1n) is 9.42. The highest BCUT2D eigenvalue weighted by atomic mass is 79.9. The van der Waals surface area contributed by atoms with Gasteiger partial charge >= 0.3 is 11.9 Å². The molecule has 0 saturated carbocycles. The van der Waals surface area contributed by atoms with Crippen LogP contribution in [0, 0.1) is 0 Å². The monoisotopic (exact) mass is 494 g/mol. The van der Waals surface area contributed by atoms with Crippen molar-refractivity contribution in [2.45, 2.75) is 39.2 Å². The highest BCUT2D eigenvalue weighted by Crippen LogP contribution is 2.08. The Balaban J connectivity index is 3.75. The molecule has 10 nitrogen and oxygen atoms in total. The topological polar surface area (TPSA) is 129 Å². The molecule has 30 heavy (non-hydrogen) atoms. The van der Waals surface area contributed by atoms with E-state index in [2.05, 4.69) is 31.3 Å². The van der Waals surface area contributed by atoms with E-state index in [1.165, 1.54) is 7.11 Å². The van der Waals surface area contributed by atoms with E-state index in [0.717, 1.165) is 6.08 Å². The molecule has 0 aliphatic carbocycles. The van der Waals surface area contributed by atoms with Crippen LogP contribution in [0.3, 0.4) is 0 Å². The molecule has 0 atom stereocenters. The first kappa shape index (κ1) is 28.0. The van der Waals surface area contributed by atoms with Crippen LogP contribution in [-0.2, 0) is 38.1 Å². The molecule has 0 aromatic rings. The number of methoxy groups -OCH3 is 1. The van der Waals surface area contributed by atoms with Gasteiger partial charge in [-0.15, -0.1) is 0 Å². The highest BCUT2D eigenvalue weighted by molar-refractivity contribution is 9.12. The minimum Gasteiger partial charge on any atom is -0.469 e. The largest absolute Gasteiger partial charge is 0.469 e. The normalized spacial score (nSPS) is 11.6. The number of carbonyl (C=O) groups excluding carboxylic acids is 4. The molecule has 11 heteroatoms. The lowest BCUT2D eigenvalue weighted by molar-refractivity contribution is -0.156. The summed E-state index contributed by atoms with van der Waals surface area (Å²) in [5.41, 5.74) is -0.510. The van der Waals surface area contributed by atoms with Crippen molar-refractivity contribution >= 4 is 39.7 Å². The fraction of sp³-hybridized carbons (Fsp3) is 0.684. The molecule has 0 bridgehead atoms. The van der Waals surface area contributed by atoms with Gasteiger partial charge < -0.3 is 29.6 Å². The summed E-state index contributed by atoms with van der Waals surface area (Å²) >= 11 is 3.00. The van der Waals surface area contributed by atoms with Gasteiger partial charge in [0.15, 0.2) is 0 Å². The van der Waals surface area contributed by atoms with E-state index in [1.54, 1.807) is 20.8 Å².